The summed E-state index contributed by atoms with van der Waals surface area (Å²) in [6.07, 6.45) is 1.85. The van der Waals surface area contributed by atoms with Gasteiger partial charge in [-0.05, 0) is 47.0 Å². The maximum Gasteiger partial charge on any atom is 0.310 e. The third-order valence-electron chi connectivity index (χ3n) is 3.39. The largest absolute Gasteiger partial charge is 0.469 e. The number of esters is 1. The second-order valence-electron chi connectivity index (χ2n) is 4.58. The van der Waals surface area contributed by atoms with E-state index in [4.69, 9.17) is 10.00 Å². The second-order valence-corrected chi connectivity index (χ2v) is 5.44. The van der Waals surface area contributed by atoms with Crippen molar-refractivity contribution < 1.29 is 9.53 Å². The van der Waals surface area contributed by atoms with E-state index in [-0.39, 0.29) is 11.9 Å². The van der Waals surface area contributed by atoms with E-state index in [1.54, 1.807) is 6.07 Å². The first-order valence-corrected chi connectivity index (χ1v) is 6.97. The molecular weight excluding hydrogens is 308 g/mol. The Morgan fingerprint density at radius 3 is 3.00 bits per heavy atom. The number of nitriles is 1. The van der Waals surface area contributed by atoms with Crippen LogP contribution in [0, 0.1) is 17.2 Å². The van der Waals surface area contributed by atoms with Crippen LogP contribution < -0.4 is 4.90 Å². The highest BCUT2D eigenvalue weighted by Crippen LogP contribution is 2.28. The maximum absolute atomic E-state index is 11.6. The molecule has 5 heteroatoms. The van der Waals surface area contributed by atoms with Crippen LogP contribution in [0.5, 0.6) is 0 Å². The van der Waals surface area contributed by atoms with Crippen LogP contribution >= 0.6 is 15.9 Å². The SMILES string of the molecule is COC(=O)C1CCCN(c2ccc(C#N)c(Br)c2)C1. The van der Waals surface area contributed by atoms with Gasteiger partial charge in [-0.25, -0.2) is 0 Å². The van der Waals surface area contributed by atoms with Crippen LogP contribution in [0.3, 0.4) is 0 Å². The van der Waals surface area contributed by atoms with Gasteiger partial charge in [0.05, 0.1) is 18.6 Å². The average Bonchev–Trinajstić information content (AvgIpc) is 2.46. The van der Waals surface area contributed by atoms with Crippen molar-refractivity contribution in [1.82, 2.24) is 0 Å². The van der Waals surface area contributed by atoms with Gasteiger partial charge >= 0.3 is 5.97 Å². The Bertz CT molecular complexity index is 525. The summed E-state index contributed by atoms with van der Waals surface area (Å²) in [5.74, 6) is -0.203. The third-order valence-corrected chi connectivity index (χ3v) is 4.05. The quantitative estimate of drug-likeness (QED) is 0.785. The highest BCUT2D eigenvalue weighted by Gasteiger charge is 2.26. The zero-order valence-corrected chi connectivity index (χ0v) is 12.3. The zero-order valence-electron chi connectivity index (χ0n) is 10.7. The number of methoxy groups -OCH3 is 1. The van der Waals surface area contributed by atoms with Crippen LogP contribution in [0.1, 0.15) is 18.4 Å². The minimum Gasteiger partial charge on any atom is -0.469 e. The van der Waals surface area contributed by atoms with E-state index in [0.29, 0.717) is 12.1 Å². The predicted octanol–water partition coefficient (Wildman–Crippen LogP) is 2.71. The molecule has 0 saturated carbocycles. The van der Waals surface area contributed by atoms with E-state index >= 15 is 0 Å². The van der Waals surface area contributed by atoms with Gasteiger partial charge in [-0.3, -0.25) is 4.79 Å². The number of nitrogens with zero attached hydrogens (tertiary/aromatic N) is 2. The maximum atomic E-state index is 11.6. The molecule has 1 aromatic carbocycles. The molecule has 1 heterocycles. The smallest absolute Gasteiger partial charge is 0.310 e. The molecule has 0 aromatic heterocycles. The van der Waals surface area contributed by atoms with Gasteiger partial charge in [-0.1, -0.05) is 0 Å². The lowest BCUT2D eigenvalue weighted by molar-refractivity contribution is -0.145. The van der Waals surface area contributed by atoms with Gasteiger partial charge in [-0.2, -0.15) is 5.26 Å². The highest BCUT2D eigenvalue weighted by atomic mass is 79.9. The first-order valence-electron chi connectivity index (χ1n) is 6.18. The summed E-state index contributed by atoms with van der Waals surface area (Å²) in [6.45, 7) is 1.59. The molecule has 0 amide bonds. The van der Waals surface area contributed by atoms with E-state index in [1.807, 2.05) is 12.1 Å². The first-order chi connectivity index (χ1) is 9.15. The fraction of sp³-hybridized carbons (Fsp3) is 0.429. The molecule has 1 aromatic rings. The highest BCUT2D eigenvalue weighted by molar-refractivity contribution is 9.10. The predicted molar refractivity (Wildman–Crippen MR) is 75.8 cm³/mol. The lowest BCUT2D eigenvalue weighted by Gasteiger charge is -2.33. The Labute approximate surface area is 121 Å². The Balaban J connectivity index is 2.16. The number of halogens is 1. The number of hydrogen-bond acceptors (Lipinski definition) is 4. The molecule has 100 valence electrons. The van der Waals surface area contributed by atoms with Crippen LogP contribution in [0.15, 0.2) is 22.7 Å². The number of anilines is 1. The van der Waals surface area contributed by atoms with Crippen LogP contribution in [0.25, 0.3) is 0 Å². The average molecular weight is 323 g/mol. The van der Waals surface area contributed by atoms with E-state index in [0.717, 1.165) is 29.5 Å². The van der Waals surface area contributed by atoms with Gasteiger partial charge in [0.1, 0.15) is 6.07 Å². The fourth-order valence-corrected chi connectivity index (χ4v) is 2.82. The summed E-state index contributed by atoms with van der Waals surface area (Å²) < 4.78 is 5.60. The van der Waals surface area contributed by atoms with Gasteiger partial charge in [0.2, 0.25) is 0 Å². The zero-order chi connectivity index (χ0) is 13.8. The fourth-order valence-electron chi connectivity index (χ4n) is 2.36. The number of rotatable bonds is 2. The van der Waals surface area contributed by atoms with Crippen molar-refractivity contribution in [3.63, 3.8) is 0 Å². The summed E-state index contributed by atoms with van der Waals surface area (Å²) in [7, 11) is 1.43. The molecule has 2 rings (SSSR count). The molecule has 1 atom stereocenters. The van der Waals surface area contributed by atoms with Gasteiger partial charge < -0.3 is 9.64 Å². The summed E-state index contributed by atoms with van der Waals surface area (Å²) in [5, 5.41) is 8.91. The van der Waals surface area contributed by atoms with Crippen molar-refractivity contribution in [1.29, 1.82) is 5.26 Å². The molecular formula is C14H15BrN2O2. The molecule has 0 bridgehead atoms. The Morgan fingerprint density at radius 1 is 1.58 bits per heavy atom. The van der Waals surface area contributed by atoms with E-state index < -0.39 is 0 Å². The van der Waals surface area contributed by atoms with Gasteiger partial charge in [-0.15, -0.1) is 0 Å². The minimum absolute atomic E-state index is 0.0619. The Kier molecular flexibility index (Phi) is 4.43. The molecule has 1 unspecified atom stereocenters. The number of ether oxygens (including phenoxy) is 1. The topological polar surface area (TPSA) is 53.3 Å². The van der Waals surface area contributed by atoms with Crippen molar-refractivity contribution in [2.75, 3.05) is 25.1 Å². The lowest BCUT2D eigenvalue weighted by Crippen LogP contribution is -2.39. The second kappa shape index (κ2) is 6.07. The molecule has 1 aliphatic rings. The van der Waals surface area contributed by atoms with E-state index in [2.05, 4.69) is 26.9 Å². The van der Waals surface area contributed by atoms with E-state index in [1.165, 1.54) is 7.11 Å². The third kappa shape index (κ3) is 3.07. The van der Waals surface area contributed by atoms with Crippen molar-refractivity contribution in [2.45, 2.75) is 12.8 Å². The number of carbonyl (C=O) groups is 1. The number of carbonyl (C=O) groups excluding carboxylic acids is 1. The summed E-state index contributed by atoms with van der Waals surface area (Å²) >= 11 is 3.39. The van der Waals surface area contributed by atoms with Crippen molar-refractivity contribution in [2.24, 2.45) is 5.92 Å². The molecule has 1 saturated heterocycles. The van der Waals surface area contributed by atoms with E-state index in [9.17, 15) is 4.79 Å². The van der Waals surface area contributed by atoms with Gasteiger partial charge in [0, 0.05) is 23.2 Å². The number of benzene rings is 1. The lowest BCUT2D eigenvalue weighted by atomic mass is 9.97. The summed E-state index contributed by atoms with van der Waals surface area (Å²) in [5.41, 5.74) is 1.64. The first kappa shape index (κ1) is 13.9. The number of hydrogen-bond donors (Lipinski definition) is 0. The molecule has 1 fully saturated rings. The van der Waals surface area contributed by atoms with Crippen molar-refractivity contribution >= 4 is 27.6 Å². The van der Waals surface area contributed by atoms with Gasteiger partial charge in [0.25, 0.3) is 0 Å². The summed E-state index contributed by atoms with van der Waals surface area (Å²) in [6, 6.07) is 7.76. The normalized spacial score (nSPS) is 18.8. The standard InChI is InChI=1S/C14H15BrN2O2/c1-19-14(18)11-3-2-6-17(9-11)12-5-4-10(8-16)13(15)7-12/h4-5,7,11H,2-3,6,9H2,1H3. The molecule has 4 nitrogen and oxygen atoms in total. The van der Waals surface area contributed by atoms with Crippen molar-refractivity contribution in [3.05, 3.63) is 28.2 Å². The molecule has 0 N–H and O–H groups in total. The van der Waals surface area contributed by atoms with Crippen LogP contribution in [-0.4, -0.2) is 26.2 Å². The Morgan fingerprint density at radius 2 is 2.37 bits per heavy atom. The molecule has 0 spiro atoms. The molecule has 0 aliphatic carbocycles. The molecule has 19 heavy (non-hydrogen) atoms. The van der Waals surface area contributed by atoms with Crippen LogP contribution in [-0.2, 0) is 9.53 Å². The van der Waals surface area contributed by atoms with Gasteiger partial charge in [0.15, 0.2) is 0 Å². The molecule has 0 radical (unpaired) electrons. The van der Waals surface area contributed by atoms with Crippen LogP contribution in [0.4, 0.5) is 5.69 Å². The Hall–Kier alpha value is -1.54. The van der Waals surface area contributed by atoms with Crippen LogP contribution in [0.2, 0.25) is 0 Å². The molecule has 1 aliphatic heterocycles. The summed E-state index contributed by atoms with van der Waals surface area (Å²) in [4.78, 5) is 13.8. The monoisotopic (exact) mass is 322 g/mol. The van der Waals surface area contributed by atoms with Crippen molar-refractivity contribution in [3.8, 4) is 6.07 Å². The number of piperidine rings is 1. The minimum atomic E-state index is -0.141.